The van der Waals surface area contributed by atoms with E-state index in [0.717, 1.165) is 38.8 Å². The average molecular weight is 318 g/mol. The minimum absolute atomic E-state index is 0.0139. The molecule has 0 aromatic carbocycles. The summed E-state index contributed by atoms with van der Waals surface area (Å²) in [5.41, 5.74) is 6.65. The number of hydrogen-bond acceptors (Lipinski definition) is 4. The highest BCUT2D eigenvalue weighted by Crippen LogP contribution is 2.24. The molecule has 2 atom stereocenters. The maximum Gasteiger partial charge on any atom is 0.240 e. The van der Waals surface area contributed by atoms with Crippen LogP contribution in [0.4, 0.5) is 0 Å². The zero-order valence-electron chi connectivity index (χ0n) is 14.6. The number of likely N-dealkylation sites (tertiary alicyclic amines) is 1. The highest BCUT2D eigenvalue weighted by Gasteiger charge is 2.31. The smallest absolute Gasteiger partial charge is 0.240 e. The van der Waals surface area contributed by atoms with Gasteiger partial charge >= 0.3 is 0 Å². The van der Waals surface area contributed by atoms with E-state index in [-0.39, 0.29) is 11.9 Å². The Morgan fingerprint density at radius 1 is 1.43 bits per heavy atom. The first-order valence-corrected chi connectivity index (χ1v) is 8.68. The predicted molar refractivity (Wildman–Crippen MR) is 92.9 cm³/mol. The van der Waals surface area contributed by atoms with Crippen molar-refractivity contribution in [3.8, 4) is 0 Å². The van der Waals surface area contributed by atoms with Gasteiger partial charge in [0.05, 0.1) is 5.54 Å². The lowest BCUT2D eigenvalue weighted by atomic mass is 9.94. The maximum absolute atomic E-state index is 12.3. The van der Waals surface area contributed by atoms with E-state index in [1.54, 1.807) is 0 Å². The van der Waals surface area contributed by atoms with Gasteiger partial charge < -0.3 is 11.1 Å². The SMILES string of the molecule is CCCC(C)(N)C(=O)NC1CCN(C(C)c2ccncc2)CC1. The van der Waals surface area contributed by atoms with Crippen molar-refractivity contribution in [3.05, 3.63) is 30.1 Å². The molecule has 1 aliphatic heterocycles. The van der Waals surface area contributed by atoms with Crippen molar-refractivity contribution in [3.63, 3.8) is 0 Å². The standard InChI is InChI=1S/C18H30N4O/c1-4-9-18(3,19)17(23)21-16-7-12-22(13-8-16)14(2)15-5-10-20-11-6-15/h5-6,10-11,14,16H,4,7-9,12-13,19H2,1-3H3,(H,21,23). The van der Waals surface area contributed by atoms with Gasteiger partial charge in [0.2, 0.25) is 5.91 Å². The first kappa shape index (κ1) is 17.9. The Morgan fingerprint density at radius 2 is 2.04 bits per heavy atom. The number of pyridine rings is 1. The molecule has 0 radical (unpaired) electrons. The lowest BCUT2D eigenvalue weighted by molar-refractivity contribution is -0.127. The second kappa shape index (κ2) is 7.88. The Hall–Kier alpha value is -1.46. The molecular weight excluding hydrogens is 288 g/mol. The number of aromatic nitrogens is 1. The van der Waals surface area contributed by atoms with Crippen LogP contribution in [0.5, 0.6) is 0 Å². The van der Waals surface area contributed by atoms with Crippen LogP contribution in [0.2, 0.25) is 0 Å². The minimum Gasteiger partial charge on any atom is -0.352 e. The quantitative estimate of drug-likeness (QED) is 0.844. The molecule has 0 saturated carbocycles. The van der Waals surface area contributed by atoms with Crippen LogP contribution in [0.1, 0.15) is 58.1 Å². The molecule has 1 fully saturated rings. The van der Waals surface area contributed by atoms with Crippen LogP contribution in [-0.4, -0.2) is 40.5 Å². The van der Waals surface area contributed by atoms with E-state index in [9.17, 15) is 4.79 Å². The fourth-order valence-electron chi connectivity index (χ4n) is 3.27. The molecule has 2 heterocycles. The Morgan fingerprint density at radius 3 is 2.61 bits per heavy atom. The van der Waals surface area contributed by atoms with Crippen LogP contribution >= 0.6 is 0 Å². The number of amides is 1. The zero-order valence-corrected chi connectivity index (χ0v) is 14.6. The molecule has 3 N–H and O–H groups in total. The Balaban J connectivity index is 1.83. The normalized spacial score (nSPS) is 20.7. The zero-order chi connectivity index (χ0) is 16.9. The topological polar surface area (TPSA) is 71.2 Å². The Labute approximate surface area is 139 Å². The van der Waals surface area contributed by atoms with E-state index >= 15 is 0 Å². The lowest BCUT2D eigenvalue weighted by Crippen LogP contribution is -2.55. The molecule has 2 rings (SSSR count). The maximum atomic E-state index is 12.3. The average Bonchev–Trinajstić information content (AvgIpc) is 2.55. The van der Waals surface area contributed by atoms with Crippen LogP contribution < -0.4 is 11.1 Å². The van der Waals surface area contributed by atoms with Crippen molar-refractivity contribution in [1.82, 2.24) is 15.2 Å². The van der Waals surface area contributed by atoms with E-state index < -0.39 is 5.54 Å². The van der Waals surface area contributed by atoms with Gasteiger partial charge in [-0.3, -0.25) is 14.7 Å². The van der Waals surface area contributed by atoms with Crippen LogP contribution in [0.3, 0.4) is 0 Å². The molecule has 0 aliphatic carbocycles. The largest absolute Gasteiger partial charge is 0.352 e. The van der Waals surface area contributed by atoms with Crippen molar-refractivity contribution in [2.75, 3.05) is 13.1 Å². The molecule has 1 aromatic heterocycles. The second-order valence-electron chi connectivity index (χ2n) is 6.91. The summed E-state index contributed by atoms with van der Waals surface area (Å²) in [6.45, 7) is 8.09. The number of piperidine rings is 1. The van der Waals surface area contributed by atoms with Crippen LogP contribution in [0.15, 0.2) is 24.5 Å². The first-order chi connectivity index (χ1) is 10.9. The van der Waals surface area contributed by atoms with Gasteiger partial charge in [-0.05, 0) is 50.8 Å². The second-order valence-corrected chi connectivity index (χ2v) is 6.91. The van der Waals surface area contributed by atoms with Gasteiger partial charge in [-0.25, -0.2) is 0 Å². The molecule has 0 bridgehead atoms. The summed E-state index contributed by atoms with van der Waals surface area (Å²) in [5, 5.41) is 3.14. The summed E-state index contributed by atoms with van der Waals surface area (Å²) in [6, 6.07) is 4.77. The van der Waals surface area contributed by atoms with Crippen LogP contribution in [-0.2, 0) is 4.79 Å². The Kier molecular flexibility index (Phi) is 6.13. The fourth-order valence-corrected chi connectivity index (χ4v) is 3.27. The Bertz CT molecular complexity index is 495. The number of nitrogens with two attached hydrogens (primary N) is 1. The molecule has 128 valence electrons. The van der Waals surface area contributed by atoms with E-state index in [1.165, 1.54) is 5.56 Å². The van der Waals surface area contributed by atoms with Crippen molar-refractivity contribution in [2.24, 2.45) is 5.73 Å². The van der Waals surface area contributed by atoms with Gasteiger partial charge in [0.15, 0.2) is 0 Å². The van der Waals surface area contributed by atoms with Gasteiger partial charge in [0.1, 0.15) is 0 Å². The number of rotatable bonds is 6. The third-order valence-electron chi connectivity index (χ3n) is 4.89. The third-order valence-corrected chi connectivity index (χ3v) is 4.89. The summed E-state index contributed by atoms with van der Waals surface area (Å²) in [4.78, 5) is 18.8. The van der Waals surface area contributed by atoms with Gasteiger partial charge in [-0.2, -0.15) is 0 Å². The van der Waals surface area contributed by atoms with E-state index in [2.05, 4.69) is 41.2 Å². The number of nitrogens with one attached hydrogen (secondary N) is 1. The van der Waals surface area contributed by atoms with Crippen molar-refractivity contribution in [2.45, 2.75) is 64.1 Å². The molecule has 0 spiro atoms. The molecule has 1 amide bonds. The number of carbonyl (C=O) groups excluding carboxylic acids is 1. The van der Waals surface area contributed by atoms with Gasteiger partial charge in [0, 0.05) is 37.6 Å². The number of hydrogen-bond donors (Lipinski definition) is 2. The van der Waals surface area contributed by atoms with E-state index in [4.69, 9.17) is 5.73 Å². The van der Waals surface area contributed by atoms with Crippen molar-refractivity contribution in [1.29, 1.82) is 0 Å². The van der Waals surface area contributed by atoms with Crippen LogP contribution in [0.25, 0.3) is 0 Å². The van der Waals surface area contributed by atoms with E-state index in [0.29, 0.717) is 6.04 Å². The van der Waals surface area contributed by atoms with Gasteiger partial charge in [0.25, 0.3) is 0 Å². The summed E-state index contributed by atoms with van der Waals surface area (Å²) < 4.78 is 0. The molecule has 23 heavy (non-hydrogen) atoms. The van der Waals surface area contributed by atoms with Crippen LogP contribution in [0, 0.1) is 0 Å². The number of carbonyl (C=O) groups is 1. The predicted octanol–water partition coefficient (Wildman–Crippen LogP) is 2.24. The molecule has 2 unspecified atom stereocenters. The van der Waals surface area contributed by atoms with Gasteiger partial charge in [-0.15, -0.1) is 0 Å². The van der Waals surface area contributed by atoms with Gasteiger partial charge in [-0.1, -0.05) is 13.3 Å². The summed E-state index contributed by atoms with van der Waals surface area (Å²) in [7, 11) is 0. The molecule has 5 nitrogen and oxygen atoms in total. The van der Waals surface area contributed by atoms with Crippen molar-refractivity contribution >= 4 is 5.91 Å². The number of nitrogens with zero attached hydrogens (tertiary/aromatic N) is 2. The van der Waals surface area contributed by atoms with E-state index in [1.807, 2.05) is 19.3 Å². The molecule has 1 aliphatic rings. The highest BCUT2D eigenvalue weighted by molar-refractivity contribution is 5.85. The first-order valence-electron chi connectivity index (χ1n) is 8.68. The molecular formula is C18H30N4O. The molecule has 5 heteroatoms. The highest BCUT2D eigenvalue weighted by atomic mass is 16.2. The minimum atomic E-state index is -0.754. The summed E-state index contributed by atoms with van der Waals surface area (Å²) >= 11 is 0. The molecule has 1 aromatic rings. The summed E-state index contributed by atoms with van der Waals surface area (Å²) in [6.07, 6.45) is 7.27. The fraction of sp³-hybridized carbons (Fsp3) is 0.667. The third kappa shape index (κ3) is 4.75. The lowest BCUT2D eigenvalue weighted by Gasteiger charge is -2.37. The molecule has 1 saturated heterocycles. The van der Waals surface area contributed by atoms with Crippen molar-refractivity contribution < 1.29 is 4.79 Å². The monoisotopic (exact) mass is 318 g/mol. The summed E-state index contributed by atoms with van der Waals surface area (Å²) in [5.74, 6) is -0.0139.